The van der Waals surface area contributed by atoms with Crippen LogP contribution in [0.4, 0.5) is 0 Å². The van der Waals surface area contributed by atoms with Gasteiger partial charge in [0.1, 0.15) is 6.04 Å². The molecule has 0 aliphatic rings. The fraction of sp³-hybridized carbons (Fsp3) is 0.500. The first-order valence-corrected chi connectivity index (χ1v) is 6.01. The van der Waals surface area contributed by atoms with E-state index in [1.165, 1.54) is 5.56 Å². The van der Waals surface area contributed by atoms with E-state index in [9.17, 15) is 9.90 Å². The Morgan fingerprint density at radius 3 is 2.24 bits per heavy atom. The number of carboxylic acid groups (broad SMARTS) is 1. The number of nitrogens with one attached hydrogen (secondary N) is 1. The smallest absolute Gasteiger partial charge is 0.325 e. The summed E-state index contributed by atoms with van der Waals surface area (Å²) in [5, 5.41) is 12.4. The molecule has 0 saturated carbocycles. The molecule has 3 nitrogen and oxygen atoms in total. The zero-order valence-corrected chi connectivity index (χ0v) is 11.0. The predicted molar refractivity (Wildman–Crippen MR) is 69.3 cm³/mol. The maximum Gasteiger partial charge on any atom is 0.325 e. The SMILES string of the molecule is CCCNC(C(=O)O)c1c(C)cc(C)cc1C. The molecule has 1 atom stereocenters. The molecule has 0 fully saturated rings. The molecule has 0 heterocycles. The van der Waals surface area contributed by atoms with Crippen LogP contribution in [0.5, 0.6) is 0 Å². The summed E-state index contributed by atoms with van der Waals surface area (Å²) >= 11 is 0. The maximum absolute atomic E-state index is 11.3. The first kappa shape index (κ1) is 13.7. The molecule has 0 aliphatic heterocycles. The Morgan fingerprint density at radius 2 is 1.82 bits per heavy atom. The number of rotatable bonds is 5. The Morgan fingerprint density at radius 1 is 1.29 bits per heavy atom. The summed E-state index contributed by atoms with van der Waals surface area (Å²) in [6.45, 7) is 8.71. The van der Waals surface area contributed by atoms with E-state index in [4.69, 9.17) is 0 Å². The van der Waals surface area contributed by atoms with E-state index in [1.54, 1.807) is 0 Å². The molecular weight excluding hydrogens is 214 g/mol. The Balaban J connectivity index is 3.14. The van der Waals surface area contributed by atoms with Gasteiger partial charge in [-0.1, -0.05) is 24.6 Å². The zero-order valence-electron chi connectivity index (χ0n) is 11.0. The van der Waals surface area contributed by atoms with Crippen LogP contribution in [-0.2, 0) is 4.79 Å². The molecule has 1 rings (SSSR count). The van der Waals surface area contributed by atoms with Crippen LogP contribution < -0.4 is 5.32 Å². The van der Waals surface area contributed by atoms with Crippen molar-refractivity contribution in [3.8, 4) is 0 Å². The van der Waals surface area contributed by atoms with E-state index in [0.29, 0.717) is 6.54 Å². The van der Waals surface area contributed by atoms with Crippen LogP contribution >= 0.6 is 0 Å². The summed E-state index contributed by atoms with van der Waals surface area (Å²) in [5.74, 6) is -0.812. The van der Waals surface area contributed by atoms with Crippen molar-refractivity contribution in [2.75, 3.05) is 6.54 Å². The quantitative estimate of drug-likeness (QED) is 0.825. The van der Waals surface area contributed by atoms with Crippen LogP contribution in [-0.4, -0.2) is 17.6 Å². The normalized spacial score (nSPS) is 12.5. The standard InChI is InChI=1S/C14H21NO2/c1-5-6-15-13(14(16)17)12-10(3)7-9(2)8-11(12)4/h7-8,13,15H,5-6H2,1-4H3,(H,16,17). The topological polar surface area (TPSA) is 49.3 Å². The summed E-state index contributed by atoms with van der Waals surface area (Å²) in [4.78, 5) is 11.3. The minimum atomic E-state index is -0.812. The highest BCUT2D eigenvalue weighted by atomic mass is 16.4. The largest absolute Gasteiger partial charge is 0.480 e. The summed E-state index contributed by atoms with van der Waals surface area (Å²) in [6, 6.07) is 3.47. The maximum atomic E-state index is 11.3. The van der Waals surface area contributed by atoms with Gasteiger partial charge in [0.2, 0.25) is 0 Å². The molecular formula is C14H21NO2. The number of aliphatic carboxylic acids is 1. The molecule has 0 saturated heterocycles. The lowest BCUT2D eigenvalue weighted by molar-refractivity contribution is -0.139. The Hall–Kier alpha value is -1.35. The van der Waals surface area contributed by atoms with Gasteiger partial charge in [0.15, 0.2) is 0 Å². The van der Waals surface area contributed by atoms with Gasteiger partial charge in [-0.25, -0.2) is 0 Å². The van der Waals surface area contributed by atoms with Crippen LogP contribution in [0, 0.1) is 20.8 Å². The van der Waals surface area contributed by atoms with Gasteiger partial charge >= 0.3 is 5.97 Å². The second kappa shape index (κ2) is 5.82. The molecule has 17 heavy (non-hydrogen) atoms. The van der Waals surface area contributed by atoms with Crippen LogP contribution in [0.1, 0.15) is 41.6 Å². The molecule has 1 unspecified atom stereocenters. The average molecular weight is 235 g/mol. The molecule has 3 heteroatoms. The third-order valence-electron chi connectivity index (χ3n) is 2.87. The van der Waals surface area contributed by atoms with E-state index in [1.807, 2.05) is 39.8 Å². The lowest BCUT2D eigenvalue weighted by atomic mass is 9.94. The minimum Gasteiger partial charge on any atom is -0.480 e. The van der Waals surface area contributed by atoms with Gasteiger partial charge in [-0.15, -0.1) is 0 Å². The van der Waals surface area contributed by atoms with Crippen molar-refractivity contribution < 1.29 is 9.90 Å². The van der Waals surface area contributed by atoms with Gasteiger partial charge in [0.25, 0.3) is 0 Å². The van der Waals surface area contributed by atoms with E-state index < -0.39 is 12.0 Å². The van der Waals surface area contributed by atoms with Crippen LogP contribution in [0.15, 0.2) is 12.1 Å². The number of hydrogen-bond acceptors (Lipinski definition) is 2. The van der Waals surface area contributed by atoms with Crippen LogP contribution in [0.2, 0.25) is 0 Å². The first-order chi connectivity index (χ1) is 7.97. The fourth-order valence-corrected chi connectivity index (χ4v) is 2.25. The zero-order chi connectivity index (χ0) is 13.0. The van der Waals surface area contributed by atoms with Crippen LogP contribution in [0.25, 0.3) is 0 Å². The molecule has 94 valence electrons. The molecule has 0 amide bonds. The van der Waals surface area contributed by atoms with Crippen molar-refractivity contribution in [1.82, 2.24) is 5.32 Å². The summed E-state index contributed by atoms with van der Waals surface area (Å²) < 4.78 is 0. The number of hydrogen-bond donors (Lipinski definition) is 2. The van der Waals surface area contributed by atoms with Gasteiger partial charge < -0.3 is 10.4 Å². The number of benzene rings is 1. The van der Waals surface area contributed by atoms with Crippen molar-refractivity contribution in [1.29, 1.82) is 0 Å². The summed E-state index contributed by atoms with van der Waals surface area (Å²) in [5.41, 5.74) is 4.15. The number of aryl methyl sites for hydroxylation is 3. The van der Waals surface area contributed by atoms with Crippen LogP contribution in [0.3, 0.4) is 0 Å². The molecule has 0 spiro atoms. The van der Waals surface area contributed by atoms with Gasteiger partial charge in [-0.05, 0) is 50.4 Å². The molecule has 0 bridgehead atoms. The Bertz CT molecular complexity index is 390. The highest BCUT2D eigenvalue weighted by molar-refractivity contribution is 5.76. The fourth-order valence-electron chi connectivity index (χ4n) is 2.25. The summed E-state index contributed by atoms with van der Waals surface area (Å²) in [7, 11) is 0. The molecule has 0 aliphatic carbocycles. The Kier molecular flexibility index (Phi) is 4.70. The van der Waals surface area contributed by atoms with E-state index in [0.717, 1.165) is 23.1 Å². The van der Waals surface area contributed by atoms with E-state index in [-0.39, 0.29) is 0 Å². The van der Waals surface area contributed by atoms with Gasteiger partial charge in [-0.2, -0.15) is 0 Å². The molecule has 2 N–H and O–H groups in total. The third kappa shape index (κ3) is 3.30. The second-order valence-electron chi connectivity index (χ2n) is 4.54. The molecule has 0 aromatic heterocycles. The van der Waals surface area contributed by atoms with Crippen molar-refractivity contribution in [2.45, 2.75) is 40.2 Å². The Labute approximate surface area is 103 Å². The van der Waals surface area contributed by atoms with Crippen molar-refractivity contribution in [2.24, 2.45) is 0 Å². The first-order valence-electron chi connectivity index (χ1n) is 6.01. The van der Waals surface area contributed by atoms with Crippen molar-refractivity contribution in [3.05, 3.63) is 34.4 Å². The average Bonchev–Trinajstić information content (AvgIpc) is 2.20. The minimum absolute atomic E-state index is 0.601. The molecule has 1 aromatic carbocycles. The number of carboxylic acids is 1. The van der Waals surface area contributed by atoms with Crippen molar-refractivity contribution >= 4 is 5.97 Å². The number of carbonyl (C=O) groups is 1. The lowest BCUT2D eigenvalue weighted by Gasteiger charge is -2.19. The second-order valence-corrected chi connectivity index (χ2v) is 4.54. The van der Waals surface area contributed by atoms with Gasteiger partial charge in [-0.3, -0.25) is 4.79 Å². The van der Waals surface area contributed by atoms with Crippen molar-refractivity contribution in [3.63, 3.8) is 0 Å². The lowest BCUT2D eigenvalue weighted by Crippen LogP contribution is -2.30. The van der Waals surface area contributed by atoms with Gasteiger partial charge in [0.05, 0.1) is 0 Å². The predicted octanol–water partition coefficient (Wildman–Crippen LogP) is 2.74. The highest BCUT2D eigenvalue weighted by Gasteiger charge is 2.22. The van der Waals surface area contributed by atoms with E-state index in [2.05, 4.69) is 5.32 Å². The summed E-state index contributed by atoms with van der Waals surface area (Å²) in [6.07, 6.45) is 0.924. The third-order valence-corrected chi connectivity index (χ3v) is 2.87. The molecule has 1 aromatic rings. The van der Waals surface area contributed by atoms with Gasteiger partial charge in [0, 0.05) is 0 Å². The van der Waals surface area contributed by atoms with E-state index >= 15 is 0 Å². The monoisotopic (exact) mass is 235 g/mol. The highest BCUT2D eigenvalue weighted by Crippen LogP contribution is 2.23. The molecule has 0 radical (unpaired) electrons.